The molecule has 27 heavy (non-hydrogen) atoms. The molecule has 0 saturated carbocycles. The number of benzene rings is 2. The van der Waals surface area contributed by atoms with Crippen LogP contribution in [0.25, 0.3) is 5.69 Å². The lowest BCUT2D eigenvalue weighted by atomic mass is 10.1. The lowest BCUT2D eigenvalue weighted by Gasteiger charge is -2.09. The van der Waals surface area contributed by atoms with Crippen LogP contribution in [0.15, 0.2) is 59.7 Å². The average molecular weight is 367 g/mol. The third-order valence-electron chi connectivity index (χ3n) is 4.34. The number of nitrogens with one attached hydrogen (secondary N) is 1. The fourth-order valence-electron chi connectivity index (χ4n) is 3.06. The molecule has 1 amide bonds. The van der Waals surface area contributed by atoms with Crippen molar-refractivity contribution in [2.24, 2.45) is 5.10 Å². The van der Waals surface area contributed by atoms with Gasteiger partial charge in [-0.05, 0) is 51.1 Å². The van der Waals surface area contributed by atoms with Crippen LogP contribution in [0.5, 0.6) is 0 Å². The van der Waals surface area contributed by atoms with Crippen LogP contribution < -0.4 is 5.43 Å². The molecule has 0 spiro atoms. The first-order valence-corrected chi connectivity index (χ1v) is 8.43. The third kappa shape index (κ3) is 3.65. The zero-order valence-corrected chi connectivity index (χ0v) is 15.3. The summed E-state index contributed by atoms with van der Waals surface area (Å²) >= 11 is 0. The van der Waals surface area contributed by atoms with Gasteiger partial charge < -0.3 is 4.57 Å². The number of rotatable bonds is 4. The van der Waals surface area contributed by atoms with E-state index in [1.54, 1.807) is 6.07 Å². The molecule has 0 aliphatic heterocycles. The molecule has 1 N–H and O–H groups in total. The quantitative estimate of drug-likeness (QED) is 0.535. The molecule has 0 bridgehead atoms. The Morgan fingerprint density at radius 2 is 1.63 bits per heavy atom. The number of hydrogen-bond acceptors (Lipinski definition) is 2. The van der Waals surface area contributed by atoms with E-state index in [0.29, 0.717) is 5.56 Å². The van der Waals surface area contributed by atoms with Gasteiger partial charge in [-0.2, -0.15) is 5.10 Å². The number of nitrogens with zero attached hydrogens (tertiary/aromatic N) is 2. The zero-order valence-electron chi connectivity index (χ0n) is 15.3. The molecular weight excluding hydrogens is 348 g/mol. The maximum atomic E-state index is 13.8. The van der Waals surface area contributed by atoms with Gasteiger partial charge in [0.15, 0.2) is 0 Å². The summed E-state index contributed by atoms with van der Waals surface area (Å²) in [5.74, 6) is -1.90. The van der Waals surface area contributed by atoms with E-state index >= 15 is 0 Å². The lowest BCUT2D eigenvalue weighted by molar-refractivity contribution is 0.0954. The molecule has 3 aromatic rings. The van der Waals surface area contributed by atoms with Crippen molar-refractivity contribution in [3.63, 3.8) is 0 Å². The predicted octanol–water partition coefficient (Wildman–Crippen LogP) is 4.53. The summed E-state index contributed by atoms with van der Waals surface area (Å²) in [6.07, 6.45) is 0. The van der Waals surface area contributed by atoms with Crippen molar-refractivity contribution < 1.29 is 13.6 Å². The van der Waals surface area contributed by atoms with E-state index < -0.39 is 17.5 Å². The monoisotopic (exact) mass is 367 g/mol. The van der Waals surface area contributed by atoms with Gasteiger partial charge in [0, 0.05) is 17.1 Å². The molecule has 0 saturated heterocycles. The highest BCUT2D eigenvalue weighted by atomic mass is 19.1. The molecule has 0 unspecified atom stereocenters. The summed E-state index contributed by atoms with van der Waals surface area (Å²) in [6, 6.07) is 15.0. The van der Waals surface area contributed by atoms with E-state index in [0.717, 1.165) is 29.2 Å². The second-order valence-corrected chi connectivity index (χ2v) is 6.19. The fourth-order valence-corrected chi connectivity index (χ4v) is 3.06. The number of carbonyl (C=O) groups is 1. The molecule has 1 heterocycles. The van der Waals surface area contributed by atoms with E-state index in [2.05, 4.69) is 10.5 Å². The Kier molecular flexibility index (Phi) is 5.16. The van der Waals surface area contributed by atoms with E-state index in [1.807, 2.05) is 48.7 Å². The minimum atomic E-state index is -0.729. The van der Waals surface area contributed by atoms with Crippen LogP contribution in [-0.2, 0) is 0 Å². The lowest BCUT2D eigenvalue weighted by Crippen LogP contribution is -2.20. The Morgan fingerprint density at radius 3 is 2.26 bits per heavy atom. The highest BCUT2D eigenvalue weighted by molar-refractivity contribution is 6.01. The van der Waals surface area contributed by atoms with Gasteiger partial charge in [-0.25, -0.2) is 14.2 Å². The molecule has 3 rings (SSSR count). The van der Waals surface area contributed by atoms with Crippen LogP contribution >= 0.6 is 0 Å². The van der Waals surface area contributed by atoms with Crippen LogP contribution in [0.2, 0.25) is 0 Å². The standard InChI is InChI=1S/C21H19F2N3O/c1-13-12-17(15(3)26(13)16-8-5-4-6-9-16)21(27)25-24-14(2)20-18(22)10-7-11-19(20)23/h4-12H,1-3H3,(H,25,27)/b24-14-. The molecule has 1 aromatic heterocycles. The number of hydrogen-bond donors (Lipinski definition) is 1. The topological polar surface area (TPSA) is 46.4 Å². The van der Waals surface area contributed by atoms with Gasteiger partial charge in [0.25, 0.3) is 5.91 Å². The van der Waals surface area contributed by atoms with Gasteiger partial charge in [-0.15, -0.1) is 0 Å². The van der Waals surface area contributed by atoms with E-state index in [1.165, 1.54) is 13.0 Å². The van der Waals surface area contributed by atoms with Crippen LogP contribution in [0.4, 0.5) is 8.78 Å². The van der Waals surface area contributed by atoms with Gasteiger partial charge >= 0.3 is 0 Å². The first-order chi connectivity index (χ1) is 12.9. The molecule has 0 atom stereocenters. The van der Waals surface area contributed by atoms with Crippen molar-refractivity contribution in [2.45, 2.75) is 20.8 Å². The molecular formula is C21H19F2N3O. The van der Waals surface area contributed by atoms with Gasteiger partial charge in [0.2, 0.25) is 0 Å². The van der Waals surface area contributed by atoms with E-state index in [-0.39, 0.29) is 11.3 Å². The van der Waals surface area contributed by atoms with Gasteiger partial charge in [0.1, 0.15) is 11.6 Å². The number of para-hydroxylation sites is 1. The summed E-state index contributed by atoms with van der Waals surface area (Å²) in [5, 5.41) is 3.87. The van der Waals surface area contributed by atoms with Crippen molar-refractivity contribution in [3.05, 3.63) is 88.7 Å². The number of carbonyl (C=O) groups excluding carboxylic acids is 1. The second-order valence-electron chi connectivity index (χ2n) is 6.19. The SMILES string of the molecule is C/C(=N/NC(=O)c1cc(C)n(-c2ccccc2)c1C)c1c(F)cccc1F. The number of halogens is 2. The number of aromatic nitrogens is 1. The van der Waals surface area contributed by atoms with Crippen molar-refractivity contribution >= 4 is 11.6 Å². The summed E-state index contributed by atoms with van der Waals surface area (Å²) in [7, 11) is 0. The van der Waals surface area contributed by atoms with Gasteiger partial charge in [-0.3, -0.25) is 4.79 Å². The highest BCUT2D eigenvalue weighted by Crippen LogP contribution is 2.20. The smallest absolute Gasteiger partial charge is 0.273 e. The van der Waals surface area contributed by atoms with Crippen molar-refractivity contribution in [3.8, 4) is 5.69 Å². The highest BCUT2D eigenvalue weighted by Gasteiger charge is 2.17. The van der Waals surface area contributed by atoms with Gasteiger partial charge in [0.05, 0.1) is 16.8 Å². The Bertz CT molecular complexity index is 1000. The van der Waals surface area contributed by atoms with Crippen LogP contribution in [-0.4, -0.2) is 16.2 Å². The average Bonchev–Trinajstić information content (AvgIpc) is 2.94. The Labute approximate surface area is 156 Å². The molecule has 2 aromatic carbocycles. The van der Waals surface area contributed by atoms with Crippen LogP contribution in [0.1, 0.15) is 34.2 Å². The minimum Gasteiger partial charge on any atom is -0.318 e. The summed E-state index contributed by atoms with van der Waals surface area (Å²) in [5.41, 5.74) is 5.22. The molecule has 138 valence electrons. The maximum absolute atomic E-state index is 13.8. The zero-order chi connectivity index (χ0) is 19.6. The van der Waals surface area contributed by atoms with Crippen LogP contribution in [0.3, 0.4) is 0 Å². The Balaban J connectivity index is 1.87. The maximum Gasteiger partial charge on any atom is 0.273 e. The van der Waals surface area contributed by atoms with Crippen LogP contribution in [0, 0.1) is 25.5 Å². The fraction of sp³-hybridized carbons (Fsp3) is 0.143. The Morgan fingerprint density at radius 1 is 1.00 bits per heavy atom. The van der Waals surface area contributed by atoms with Crippen molar-refractivity contribution in [2.75, 3.05) is 0 Å². The molecule has 6 heteroatoms. The largest absolute Gasteiger partial charge is 0.318 e. The predicted molar refractivity (Wildman–Crippen MR) is 101 cm³/mol. The number of aryl methyl sites for hydroxylation is 1. The van der Waals surface area contributed by atoms with Gasteiger partial charge in [-0.1, -0.05) is 24.3 Å². The van der Waals surface area contributed by atoms with Crippen molar-refractivity contribution in [1.82, 2.24) is 9.99 Å². The normalized spacial score (nSPS) is 11.5. The second kappa shape index (κ2) is 7.53. The molecule has 0 fully saturated rings. The van der Waals surface area contributed by atoms with E-state index in [9.17, 15) is 13.6 Å². The first-order valence-electron chi connectivity index (χ1n) is 8.43. The third-order valence-corrected chi connectivity index (χ3v) is 4.34. The molecule has 0 aliphatic rings. The Hall–Kier alpha value is -3.28. The van der Waals surface area contributed by atoms with Crippen molar-refractivity contribution in [1.29, 1.82) is 0 Å². The molecule has 0 aliphatic carbocycles. The summed E-state index contributed by atoms with van der Waals surface area (Å²) in [6.45, 7) is 5.18. The molecule has 0 radical (unpaired) electrons. The summed E-state index contributed by atoms with van der Waals surface area (Å²) < 4.78 is 29.6. The van der Waals surface area contributed by atoms with E-state index in [4.69, 9.17) is 0 Å². The number of amides is 1. The number of hydrazone groups is 1. The first kappa shape index (κ1) is 18.5. The summed E-state index contributed by atoms with van der Waals surface area (Å²) in [4.78, 5) is 12.5. The minimum absolute atomic E-state index is 0.0517. The molecule has 4 nitrogen and oxygen atoms in total.